The number of ether oxygens (including phenoxy) is 3. The third-order valence-corrected chi connectivity index (χ3v) is 4.81. The highest BCUT2D eigenvalue weighted by Crippen LogP contribution is 2.28. The summed E-state index contributed by atoms with van der Waals surface area (Å²) in [5.41, 5.74) is 1.69. The summed E-state index contributed by atoms with van der Waals surface area (Å²) < 4.78 is 17.0. The second-order valence-electron chi connectivity index (χ2n) is 6.25. The Morgan fingerprint density at radius 3 is 2.88 bits per heavy atom. The first kappa shape index (κ1) is 18.5. The fourth-order valence-corrected chi connectivity index (χ4v) is 3.27. The number of hydrogen-bond acceptors (Lipinski definition) is 4. The third kappa shape index (κ3) is 4.67. The first-order chi connectivity index (χ1) is 12.7. The van der Waals surface area contributed by atoms with Crippen molar-refractivity contribution in [3.05, 3.63) is 58.6 Å². The summed E-state index contributed by atoms with van der Waals surface area (Å²) in [7, 11) is 1.57. The number of quaternary nitrogens is 1. The van der Waals surface area contributed by atoms with Gasteiger partial charge in [-0.15, -0.1) is 0 Å². The van der Waals surface area contributed by atoms with Crippen LogP contribution in [0, 0.1) is 11.3 Å². The highest BCUT2D eigenvalue weighted by molar-refractivity contribution is 6.31. The van der Waals surface area contributed by atoms with Crippen LogP contribution in [0.4, 0.5) is 0 Å². The van der Waals surface area contributed by atoms with E-state index in [1.807, 2.05) is 18.2 Å². The lowest BCUT2D eigenvalue weighted by Crippen LogP contribution is -3.13. The van der Waals surface area contributed by atoms with Crippen LogP contribution in [0.1, 0.15) is 11.1 Å². The topological polar surface area (TPSA) is 55.9 Å². The van der Waals surface area contributed by atoms with Gasteiger partial charge in [0.05, 0.1) is 25.3 Å². The van der Waals surface area contributed by atoms with E-state index in [1.54, 1.807) is 25.3 Å². The Morgan fingerprint density at radius 1 is 1.27 bits per heavy atom. The Balaban J connectivity index is 1.57. The quantitative estimate of drug-likeness (QED) is 0.842. The molecule has 1 aliphatic rings. The van der Waals surface area contributed by atoms with Gasteiger partial charge in [-0.2, -0.15) is 5.26 Å². The number of rotatable bonds is 6. The molecule has 1 fully saturated rings. The van der Waals surface area contributed by atoms with Gasteiger partial charge in [0, 0.05) is 16.7 Å². The molecule has 1 saturated heterocycles. The lowest BCUT2D eigenvalue weighted by Gasteiger charge is -2.30. The minimum atomic E-state index is 0.00147. The predicted molar refractivity (Wildman–Crippen MR) is 98.8 cm³/mol. The van der Waals surface area contributed by atoms with Crippen LogP contribution in [0.3, 0.4) is 0 Å². The van der Waals surface area contributed by atoms with Gasteiger partial charge < -0.3 is 19.1 Å². The van der Waals surface area contributed by atoms with E-state index in [4.69, 9.17) is 31.1 Å². The maximum Gasteiger partial charge on any atom is 0.162 e. The molecule has 5 nitrogen and oxygen atoms in total. The van der Waals surface area contributed by atoms with Crippen LogP contribution in [0.5, 0.6) is 11.5 Å². The van der Waals surface area contributed by atoms with E-state index in [0.717, 1.165) is 30.2 Å². The molecule has 1 aliphatic heterocycles. The molecule has 0 spiro atoms. The average molecular weight is 374 g/mol. The van der Waals surface area contributed by atoms with Crippen molar-refractivity contribution in [1.82, 2.24) is 0 Å². The monoisotopic (exact) mass is 373 g/mol. The Kier molecular flexibility index (Phi) is 6.35. The molecule has 0 radical (unpaired) electrons. The maximum atomic E-state index is 8.97. The molecule has 1 heterocycles. The predicted octanol–water partition coefficient (Wildman–Crippen LogP) is 2.08. The third-order valence-electron chi connectivity index (χ3n) is 4.44. The molecule has 26 heavy (non-hydrogen) atoms. The fourth-order valence-electron chi connectivity index (χ4n) is 3.07. The molecule has 0 saturated carbocycles. The van der Waals surface area contributed by atoms with Gasteiger partial charge in [-0.3, -0.25) is 0 Å². The summed E-state index contributed by atoms with van der Waals surface area (Å²) in [5, 5.41) is 9.78. The summed E-state index contributed by atoms with van der Waals surface area (Å²) >= 11 is 6.27. The fraction of sp³-hybridized carbons (Fsp3) is 0.350. The standard InChI is InChI=1S/C20H21ClN2O3/c1-24-20-10-15(11-22)6-7-19(20)26-14-17-13-23(8-9-25-17)12-16-4-2-3-5-18(16)21/h2-7,10,17H,8-9,12-14H2,1H3/p+1/t17-/m0/s1. The molecule has 0 bridgehead atoms. The summed E-state index contributed by atoms with van der Waals surface area (Å²) in [6, 6.07) is 15.2. The second-order valence-corrected chi connectivity index (χ2v) is 6.66. The summed E-state index contributed by atoms with van der Waals surface area (Å²) in [6.07, 6.45) is 0.00147. The highest BCUT2D eigenvalue weighted by Gasteiger charge is 2.25. The van der Waals surface area contributed by atoms with Crippen LogP contribution in [0.25, 0.3) is 0 Å². The van der Waals surface area contributed by atoms with Crippen molar-refractivity contribution in [3.8, 4) is 17.6 Å². The minimum absolute atomic E-state index is 0.00147. The van der Waals surface area contributed by atoms with Crippen molar-refractivity contribution in [2.75, 3.05) is 33.4 Å². The normalized spacial score (nSPS) is 19.6. The minimum Gasteiger partial charge on any atom is -0.493 e. The molecule has 6 heteroatoms. The van der Waals surface area contributed by atoms with Gasteiger partial charge in [-0.05, 0) is 18.2 Å². The maximum absolute atomic E-state index is 8.97. The zero-order valence-electron chi connectivity index (χ0n) is 14.7. The molecule has 0 aromatic heterocycles. The van der Waals surface area contributed by atoms with Gasteiger partial charge in [0.15, 0.2) is 11.5 Å². The SMILES string of the molecule is COc1cc(C#N)ccc1OC[C@@H]1C[NH+](Cc2ccccc2Cl)CCO1. The van der Waals surface area contributed by atoms with Crippen molar-refractivity contribution < 1.29 is 19.1 Å². The Bertz CT molecular complexity index is 791. The lowest BCUT2D eigenvalue weighted by molar-refractivity contribution is -0.925. The van der Waals surface area contributed by atoms with Crippen LogP contribution in [-0.4, -0.2) is 39.5 Å². The van der Waals surface area contributed by atoms with Crippen LogP contribution in [-0.2, 0) is 11.3 Å². The van der Waals surface area contributed by atoms with Gasteiger partial charge in [0.1, 0.15) is 32.3 Å². The van der Waals surface area contributed by atoms with E-state index in [1.165, 1.54) is 4.90 Å². The number of nitrogens with zero attached hydrogens (tertiary/aromatic N) is 1. The van der Waals surface area contributed by atoms with Crippen molar-refractivity contribution in [2.24, 2.45) is 0 Å². The van der Waals surface area contributed by atoms with Gasteiger partial charge in [-0.25, -0.2) is 0 Å². The highest BCUT2D eigenvalue weighted by atomic mass is 35.5. The van der Waals surface area contributed by atoms with Gasteiger partial charge in [0.25, 0.3) is 0 Å². The van der Waals surface area contributed by atoms with Crippen molar-refractivity contribution in [3.63, 3.8) is 0 Å². The molecule has 2 atom stereocenters. The first-order valence-corrected chi connectivity index (χ1v) is 8.97. The van der Waals surface area contributed by atoms with Crippen LogP contribution >= 0.6 is 11.6 Å². The molecular formula is C20H22ClN2O3+. The number of hydrogen-bond donors (Lipinski definition) is 1. The Hall–Kier alpha value is -2.26. The first-order valence-electron chi connectivity index (χ1n) is 8.59. The Morgan fingerprint density at radius 2 is 2.12 bits per heavy atom. The molecule has 1 N–H and O–H groups in total. The number of morpholine rings is 1. The van der Waals surface area contributed by atoms with E-state index in [9.17, 15) is 0 Å². The van der Waals surface area contributed by atoms with E-state index in [-0.39, 0.29) is 6.10 Å². The smallest absolute Gasteiger partial charge is 0.162 e. The largest absolute Gasteiger partial charge is 0.493 e. The van der Waals surface area contributed by atoms with Crippen LogP contribution in [0.2, 0.25) is 5.02 Å². The van der Waals surface area contributed by atoms with E-state index in [2.05, 4.69) is 12.1 Å². The van der Waals surface area contributed by atoms with Gasteiger partial charge in [0.2, 0.25) is 0 Å². The molecule has 2 aromatic rings. The van der Waals surface area contributed by atoms with Crippen molar-refractivity contribution >= 4 is 11.6 Å². The number of methoxy groups -OCH3 is 1. The zero-order valence-corrected chi connectivity index (χ0v) is 15.5. The summed E-state index contributed by atoms with van der Waals surface area (Å²) in [5.74, 6) is 1.17. The summed E-state index contributed by atoms with van der Waals surface area (Å²) in [6.45, 7) is 3.80. The Labute approximate surface area is 158 Å². The van der Waals surface area contributed by atoms with E-state index < -0.39 is 0 Å². The lowest BCUT2D eigenvalue weighted by atomic mass is 10.2. The number of nitrogens with one attached hydrogen (secondary N) is 1. The van der Waals surface area contributed by atoms with Gasteiger partial charge >= 0.3 is 0 Å². The number of benzene rings is 2. The van der Waals surface area contributed by atoms with Crippen LogP contribution in [0.15, 0.2) is 42.5 Å². The average Bonchev–Trinajstić information content (AvgIpc) is 2.68. The molecule has 136 valence electrons. The molecule has 2 aromatic carbocycles. The van der Waals surface area contributed by atoms with Gasteiger partial charge in [-0.1, -0.05) is 29.8 Å². The number of nitriles is 1. The van der Waals surface area contributed by atoms with Crippen molar-refractivity contribution in [1.29, 1.82) is 5.26 Å². The van der Waals surface area contributed by atoms with E-state index >= 15 is 0 Å². The van der Waals surface area contributed by atoms with Crippen LogP contribution < -0.4 is 14.4 Å². The second kappa shape index (κ2) is 8.91. The zero-order chi connectivity index (χ0) is 18.4. The molecule has 3 rings (SSSR count). The number of halogens is 1. The molecular weight excluding hydrogens is 352 g/mol. The molecule has 0 aliphatic carbocycles. The summed E-state index contributed by atoms with van der Waals surface area (Å²) in [4.78, 5) is 1.42. The van der Waals surface area contributed by atoms with E-state index in [0.29, 0.717) is 30.3 Å². The molecule has 1 unspecified atom stereocenters. The molecule has 0 amide bonds. The van der Waals surface area contributed by atoms with Crippen molar-refractivity contribution in [2.45, 2.75) is 12.6 Å².